The van der Waals surface area contributed by atoms with Gasteiger partial charge in [0, 0.05) is 0 Å². The van der Waals surface area contributed by atoms with Crippen LogP contribution in [0, 0.1) is 0 Å². The Labute approximate surface area is 56.5 Å². The predicted molar refractivity (Wildman–Crippen MR) is 38.4 cm³/mol. The predicted octanol–water partition coefficient (Wildman–Crippen LogP) is 2.95. The Morgan fingerprint density at radius 2 is 1.43 bits per heavy atom. The molecule has 0 N–H and O–H groups in total. The Morgan fingerprint density at radius 1 is 1.14 bits per heavy atom. The van der Waals surface area contributed by atoms with Gasteiger partial charge in [-0.3, -0.25) is 0 Å². The average Bonchev–Trinajstić information content (AvgIpc) is 1.68. The number of hydrogen-bond donors (Lipinski definition) is 0. The van der Waals surface area contributed by atoms with Crippen molar-refractivity contribution in [1.29, 1.82) is 0 Å². The Kier molecular flexibility index (Phi) is 4.07. The van der Waals surface area contributed by atoms with E-state index in [1.165, 1.54) is 0 Å². The van der Waals surface area contributed by atoms with Gasteiger partial charge in [0.2, 0.25) is 0 Å². The molecular formula is C4H10Cl2Te. The van der Waals surface area contributed by atoms with E-state index in [1.807, 2.05) is 0 Å². The van der Waals surface area contributed by atoms with Crippen LogP contribution >= 0.6 is 17.9 Å². The van der Waals surface area contributed by atoms with E-state index in [9.17, 15) is 0 Å². The average molecular weight is 257 g/mol. The second-order valence-corrected chi connectivity index (χ2v) is 17.5. The third kappa shape index (κ3) is 3.91. The molecule has 0 saturated heterocycles. The fourth-order valence-corrected chi connectivity index (χ4v) is 1.37. The molecule has 0 saturated carbocycles. The summed E-state index contributed by atoms with van der Waals surface area (Å²) in [7, 11) is 11.7. The molecule has 0 nitrogen and oxygen atoms in total. The minimum absolute atomic E-state index is 1.02. The first-order chi connectivity index (χ1) is 3.12. The van der Waals surface area contributed by atoms with Crippen molar-refractivity contribution in [2.24, 2.45) is 0 Å². The third-order valence-electron chi connectivity index (χ3n) is 0.845. The van der Waals surface area contributed by atoms with E-state index in [-0.39, 0.29) is 0 Å². The molecule has 3 heteroatoms. The van der Waals surface area contributed by atoms with Crippen molar-refractivity contribution in [3.05, 3.63) is 0 Å². The van der Waals surface area contributed by atoms with Crippen LogP contribution in [-0.2, 0) is 0 Å². The van der Waals surface area contributed by atoms with Crippen molar-refractivity contribution < 1.29 is 0 Å². The van der Waals surface area contributed by atoms with Crippen LogP contribution in [0.4, 0.5) is 0 Å². The van der Waals surface area contributed by atoms with Crippen LogP contribution in [0.15, 0.2) is 0 Å². The molecule has 0 heterocycles. The second-order valence-electron chi connectivity index (χ2n) is 1.28. The van der Waals surface area contributed by atoms with E-state index >= 15 is 0 Å². The van der Waals surface area contributed by atoms with Crippen molar-refractivity contribution in [1.82, 2.24) is 0 Å². The standard InChI is InChI=1S/C4H10Cl2Te/c1-3-7(5,6)4-2/h3-4H2,1-2H3. The fourth-order valence-electron chi connectivity index (χ4n) is 0.204. The number of halogens is 2. The molecular weight excluding hydrogens is 247 g/mol. The zero-order chi connectivity index (χ0) is 5.91. The summed E-state index contributed by atoms with van der Waals surface area (Å²) in [4.78, 5) is 0. The molecule has 7 heavy (non-hydrogen) atoms. The van der Waals surface area contributed by atoms with Crippen LogP contribution in [0.1, 0.15) is 13.8 Å². The normalized spacial score (nSPS) is 14.3. The third-order valence-corrected chi connectivity index (χ3v) is 11.5. The van der Waals surface area contributed by atoms with Crippen LogP contribution in [0.3, 0.4) is 0 Å². The van der Waals surface area contributed by atoms with Gasteiger partial charge in [0.1, 0.15) is 0 Å². The molecule has 0 spiro atoms. The van der Waals surface area contributed by atoms with Crippen LogP contribution in [0.25, 0.3) is 0 Å². The molecule has 0 radical (unpaired) electrons. The Bertz CT molecular complexity index is 47.7. The van der Waals surface area contributed by atoms with E-state index in [4.69, 9.17) is 17.9 Å². The van der Waals surface area contributed by atoms with Crippen molar-refractivity contribution in [2.45, 2.75) is 22.8 Å². The van der Waals surface area contributed by atoms with Crippen molar-refractivity contribution in [3.63, 3.8) is 0 Å². The summed E-state index contributed by atoms with van der Waals surface area (Å²) in [6, 6.07) is 0. The first-order valence-electron chi connectivity index (χ1n) is 2.30. The van der Waals surface area contributed by atoms with Gasteiger partial charge in [-0.25, -0.2) is 0 Å². The Morgan fingerprint density at radius 3 is 1.43 bits per heavy atom. The summed E-state index contributed by atoms with van der Waals surface area (Å²) in [5.74, 6) is 0. The van der Waals surface area contributed by atoms with Crippen molar-refractivity contribution in [2.75, 3.05) is 0 Å². The van der Waals surface area contributed by atoms with Gasteiger partial charge in [-0.1, -0.05) is 0 Å². The molecule has 0 unspecified atom stereocenters. The maximum atomic E-state index is 5.86. The molecule has 0 aromatic heterocycles. The summed E-state index contributed by atoms with van der Waals surface area (Å²) in [5.41, 5.74) is 0. The van der Waals surface area contributed by atoms with Crippen LogP contribution in [0.5, 0.6) is 0 Å². The van der Waals surface area contributed by atoms with E-state index in [1.54, 1.807) is 0 Å². The molecule has 0 fully saturated rings. The number of rotatable bonds is 2. The fraction of sp³-hybridized carbons (Fsp3) is 1.00. The van der Waals surface area contributed by atoms with Gasteiger partial charge >= 0.3 is 56.7 Å². The SMILES string of the molecule is CC[Te](Cl)(Cl)CC. The van der Waals surface area contributed by atoms with Gasteiger partial charge in [-0.05, 0) is 0 Å². The molecule has 0 amide bonds. The van der Waals surface area contributed by atoms with Crippen LogP contribution in [0.2, 0.25) is 8.94 Å². The van der Waals surface area contributed by atoms with E-state index in [0.29, 0.717) is 0 Å². The summed E-state index contributed by atoms with van der Waals surface area (Å²) in [6.45, 7) is 4.12. The molecule has 0 aliphatic heterocycles. The van der Waals surface area contributed by atoms with Gasteiger partial charge in [-0.2, -0.15) is 0 Å². The van der Waals surface area contributed by atoms with E-state index in [0.717, 1.165) is 8.94 Å². The zero-order valence-electron chi connectivity index (χ0n) is 4.58. The molecule has 0 atom stereocenters. The van der Waals surface area contributed by atoms with Crippen molar-refractivity contribution in [3.8, 4) is 0 Å². The second kappa shape index (κ2) is 3.41. The molecule has 0 aliphatic carbocycles. The van der Waals surface area contributed by atoms with Crippen LogP contribution < -0.4 is 0 Å². The Hall–Kier alpha value is 1.37. The zero-order valence-corrected chi connectivity index (χ0v) is 8.42. The summed E-state index contributed by atoms with van der Waals surface area (Å²) >= 11 is -2.16. The molecule has 0 aromatic carbocycles. The van der Waals surface area contributed by atoms with Gasteiger partial charge in [-0.15, -0.1) is 0 Å². The first kappa shape index (κ1) is 8.37. The molecule has 0 rings (SSSR count). The topological polar surface area (TPSA) is 0 Å². The number of hydrogen-bond acceptors (Lipinski definition) is 0. The van der Waals surface area contributed by atoms with Crippen LogP contribution in [-0.4, -0.2) is 15.9 Å². The summed E-state index contributed by atoms with van der Waals surface area (Å²) in [6.07, 6.45) is 0. The molecule has 46 valence electrons. The van der Waals surface area contributed by atoms with Gasteiger partial charge in [0.05, 0.1) is 0 Å². The minimum atomic E-state index is -2.16. The Balaban J connectivity index is 3.36. The molecule has 0 aromatic rings. The summed E-state index contributed by atoms with van der Waals surface area (Å²) < 4.78 is 2.03. The van der Waals surface area contributed by atoms with E-state index in [2.05, 4.69) is 13.8 Å². The monoisotopic (exact) mass is 258 g/mol. The first-order valence-corrected chi connectivity index (χ1v) is 11.5. The molecule has 0 aliphatic rings. The van der Waals surface area contributed by atoms with E-state index < -0.39 is 15.9 Å². The van der Waals surface area contributed by atoms with Gasteiger partial charge < -0.3 is 0 Å². The summed E-state index contributed by atoms with van der Waals surface area (Å²) in [5, 5.41) is 0. The van der Waals surface area contributed by atoms with Gasteiger partial charge in [0.25, 0.3) is 0 Å². The molecule has 0 bridgehead atoms. The van der Waals surface area contributed by atoms with Gasteiger partial charge in [0.15, 0.2) is 0 Å². The quantitative estimate of drug-likeness (QED) is 0.667. The van der Waals surface area contributed by atoms with Crippen molar-refractivity contribution >= 4 is 33.9 Å². The maximum absolute atomic E-state index is 5.86.